The molecule has 0 bridgehead atoms. The molecule has 1 N–H and O–H groups in total. The summed E-state index contributed by atoms with van der Waals surface area (Å²) >= 11 is 0. The summed E-state index contributed by atoms with van der Waals surface area (Å²) in [5.74, 6) is 0. The van der Waals surface area contributed by atoms with E-state index in [1.807, 2.05) is 0 Å². The van der Waals surface area contributed by atoms with Gasteiger partial charge in [-0.3, -0.25) is 0 Å². The second kappa shape index (κ2) is 15.1. The molecular weight excluding hydrogens is 247 g/mol. The minimum Gasteiger partial charge on any atom is -0.377 e. The summed E-state index contributed by atoms with van der Waals surface area (Å²) in [6.07, 6.45) is 13.5. The third-order valence-electron chi connectivity index (χ3n) is 3.07. The van der Waals surface area contributed by atoms with Gasteiger partial charge in [-0.1, -0.05) is 64.7 Å². The van der Waals surface area contributed by atoms with E-state index in [0.717, 1.165) is 13.0 Å². The molecule has 4 heteroatoms. The molecule has 0 fully saturated rings. The van der Waals surface area contributed by atoms with Crippen molar-refractivity contribution in [1.82, 2.24) is 0 Å². The van der Waals surface area contributed by atoms with Gasteiger partial charge in [-0.25, -0.2) is 0 Å². The summed E-state index contributed by atoms with van der Waals surface area (Å²) in [5, 5.41) is 0. The first kappa shape index (κ1) is 18.0. The maximum absolute atomic E-state index is 10.4. The van der Waals surface area contributed by atoms with Crippen molar-refractivity contribution in [2.24, 2.45) is 0 Å². The Kier molecular flexibility index (Phi) is 15.1. The van der Waals surface area contributed by atoms with E-state index in [0.29, 0.717) is 6.61 Å². The number of rotatable bonds is 14. The highest BCUT2D eigenvalue weighted by Gasteiger charge is 2.07. The summed E-state index contributed by atoms with van der Waals surface area (Å²) in [7, 11) is -2.01. The summed E-state index contributed by atoms with van der Waals surface area (Å²) in [4.78, 5) is 8.56. The smallest absolute Gasteiger partial charge is 0.377 e. The van der Waals surface area contributed by atoms with Crippen LogP contribution in [0.4, 0.5) is 0 Å². The molecule has 0 saturated heterocycles. The topological polar surface area (TPSA) is 46.5 Å². The Bertz CT molecular complexity index is 186. The van der Waals surface area contributed by atoms with Crippen molar-refractivity contribution < 1.29 is 14.2 Å². The monoisotopic (exact) mass is 277 g/mol. The first-order valence-electron chi connectivity index (χ1n) is 7.48. The SMILES string of the molecule is CCCCCCCCCCCCOCC[P+](=O)O. The standard InChI is InChI=1S/C14H29O3P/c1-2-3-4-5-6-7-8-9-10-11-12-17-13-14-18(15)16/h2-14H2,1H3/p+1. The Hall–Kier alpha value is 0.0200. The van der Waals surface area contributed by atoms with Crippen molar-refractivity contribution in [3.8, 4) is 0 Å². The molecule has 0 radical (unpaired) electrons. The summed E-state index contributed by atoms with van der Waals surface area (Å²) < 4.78 is 15.6. The molecule has 0 aliphatic rings. The molecule has 1 atom stereocenters. The quantitative estimate of drug-likeness (QED) is 0.371. The van der Waals surface area contributed by atoms with Gasteiger partial charge in [0, 0.05) is 6.61 Å². The van der Waals surface area contributed by atoms with E-state index in [4.69, 9.17) is 9.63 Å². The van der Waals surface area contributed by atoms with Gasteiger partial charge >= 0.3 is 8.03 Å². The van der Waals surface area contributed by atoms with Crippen LogP contribution in [0.2, 0.25) is 0 Å². The maximum Gasteiger partial charge on any atom is 0.507 e. The summed E-state index contributed by atoms with van der Waals surface area (Å²) in [6.45, 7) is 3.41. The lowest BCUT2D eigenvalue weighted by Crippen LogP contribution is -1.99. The van der Waals surface area contributed by atoms with Gasteiger partial charge < -0.3 is 4.74 Å². The highest BCUT2D eigenvalue weighted by molar-refractivity contribution is 7.38. The van der Waals surface area contributed by atoms with E-state index in [9.17, 15) is 4.57 Å². The van der Waals surface area contributed by atoms with Crippen LogP contribution in [0.15, 0.2) is 0 Å². The Labute approximate surface area is 113 Å². The molecule has 0 amide bonds. The van der Waals surface area contributed by atoms with E-state index in [1.54, 1.807) is 0 Å². The third kappa shape index (κ3) is 16.0. The van der Waals surface area contributed by atoms with Gasteiger partial charge in [0.25, 0.3) is 0 Å². The molecule has 0 saturated carbocycles. The molecule has 0 spiro atoms. The van der Waals surface area contributed by atoms with Crippen LogP contribution in [-0.4, -0.2) is 24.3 Å². The Balaban J connectivity index is 2.92. The fraction of sp³-hybridized carbons (Fsp3) is 1.00. The van der Waals surface area contributed by atoms with Crippen LogP contribution in [0, 0.1) is 0 Å². The van der Waals surface area contributed by atoms with E-state index in [1.165, 1.54) is 57.8 Å². The minimum absolute atomic E-state index is 0.271. The number of hydrogen-bond donors (Lipinski definition) is 1. The Morgan fingerprint density at radius 3 is 1.83 bits per heavy atom. The molecule has 0 aromatic heterocycles. The highest BCUT2D eigenvalue weighted by atomic mass is 31.1. The molecule has 0 aromatic carbocycles. The zero-order valence-corrected chi connectivity index (χ0v) is 12.8. The van der Waals surface area contributed by atoms with Crippen molar-refractivity contribution in [2.45, 2.75) is 71.1 Å². The van der Waals surface area contributed by atoms with Gasteiger partial charge in [-0.2, -0.15) is 4.89 Å². The molecule has 1 unspecified atom stereocenters. The van der Waals surface area contributed by atoms with Gasteiger partial charge in [0.05, 0.1) is 6.61 Å². The van der Waals surface area contributed by atoms with E-state index in [2.05, 4.69) is 6.92 Å². The number of unbranched alkanes of at least 4 members (excludes halogenated alkanes) is 9. The largest absolute Gasteiger partial charge is 0.507 e. The van der Waals surface area contributed by atoms with Crippen molar-refractivity contribution >= 4 is 8.03 Å². The van der Waals surface area contributed by atoms with Crippen LogP contribution in [-0.2, 0) is 9.30 Å². The van der Waals surface area contributed by atoms with Crippen molar-refractivity contribution in [1.29, 1.82) is 0 Å². The second-order valence-electron chi connectivity index (χ2n) is 4.87. The van der Waals surface area contributed by atoms with Crippen LogP contribution in [0.5, 0.6) is 0 Å². The second-order valence-corrected chi connectivity index (χ2v) is 6.02. The molecule has 108 valence electrons. The summed E-state index contributed by atoms with van der Waals surface area (Å²) in [6, 6.07) is 0. The summed E-state index contributed by atoms with van der Waals surface area (Å²) in [5.41, 5.74) is 0. The van der Waals surface area contributed by atoms with Crippen LogP contribution in [0.3, 0.4) is 0 Å². The highest BCUT2D eigenvalue weighted by Crippen LogP contribution is 2.12. The Morgan fingerprint density at radius 1 is 0.833 bits per heavy atom. The van der Waals surface area contributed by atoms with Gasteiger partial charge in [0.1, 0.15) is 0 Å². The fourth-order valence-electron chi connectivity index (χ4n) is 1.94. The average molecular weight is 277 g/mol. The van der Waals surface area contributed by atoms with Crippen LogP contribution >= 0.6 is 8.03 Å². The number of hydrogen-bond acceptors (Lipinski definition) is 2. The molecule has 0 aromatic rings. The van der Waals surface area contributed by atoms with Crippen molar-refractivity contribution in [3.05, 3.63) is 0 Å². The van der Waals surface area contributed by atoms with E-state index >= 15 is 0 Å². The third-order valence-corrected chi connectivity index (χ3v) is 3.63. The normalized spacial score (nSPS) is 11.8. The Morgan fingerprint density at radius 2 is 1.33 bits per heavy atom. The van der Waals surface area contributed by atoms with Gasteiger partial charge in [-0.15, -0.1) is 0 Å². The fourth-order valence-corrected chi connectivity index (χ4v) is 2.22. The minimum atomic E-state index is -2.01. The van der Waals surface area contributed by atoms with Crippen molar-refractivity contribution in [2.75, 3.05) is 19.4 Å². The zero-order chi connectivity index (χ0) is 13.5. The van der Waals surface area contributed by atoms with Crippen LogP contribution < -0.4 is 0 Å². The van der Waals surface area contributed by atoms with Crippen molar-refractivity contribution in [3.63, 3.8) is 0 Å². The molecule has 0 rings (SSSR count). The first-order chi connectivity index (χ1) is 8.77. The average Bonchev–Trinajstić information content (AvgIpc) is 2.34. The van der Waals surface area contributed by atoms with Gasteiger partial charge in [-0.05, 0) is 11.0 Å². The molecule has 0 heterocycles. The molecule has 0 aliphatic carbocycles. The zero-order valence-electron chi connectivity index (χ0n) is 11.9. The number of ether oxygens (including phenoxy) is 1. The molecule has 0 aliphatic heterocycles. The van der Waals surface area contributed by atoms with Crippen LogP contribution in [0.25, 0.3) is 0 Å². The van der Waals surface area contributed by atoms with Gasteiger partial charge in [0.15, 0.2) is 0 Å². The predicted octanol–water partition coefficient (Wildman–Crippen LogP) is 4.66. The van der Waals surface area contributed by atoms with Crippen LogP contribution in [0.1, 0.15) is 71.1 Å². The molecular formula is C14H30O3P+. The van der Waals surface area contributed by atoms with E-state index < -0.39 is 8.03 Å². The van der Waals surface area contributed by atoms with E-state index in [-0.39, 0.29) is 6.16 Å². The molecule has 3 nitrogen and oxygen atoms in total. The first-order valence-corrected chi connectivity index (χ1v) is 8.88. The lowest BCUT2D eigenvalue weighted by Gasteiger charge is -2.02. The molecule has 18 heavy (non-hydrogen) atoms. The predicted molar refractivity (Wildman–Crippen MR) is 77.4 cm³/mol. The maximum atomic E-state index is 10.4. The lowest BCUT2D eigenvalue weighted by atomic mass is 10.1. The lowest BCUT2D eigenvalue weighted by molar-refractivity contribution is 0.143. The van der Waals surface area contributed by atoms with Gasteiger partial charge in [0.2, 0.25) is 6.16 Å².